The molecule has 4 rings (SSSR count). The number of hydrogen-bond donors (Lipinski definition) is 1. The van der Waals surface area contributed by atoms with Crippen molar-refractivity contribution in [2.45, 2.75) is 19.9 Å². The number of aryl methyl sites for hydroxylation is 1. The number of hydrogen-bond acceptors (Lipinski definition) is 5. The van der Waals surface area contributed by atoms with E-state index in [4.69, 9.17) is 22.1 Å². The maximum Gasteiger partial charge on any atom is 0.220 e. The second-order valence-corrected chi connectivity index (χ2v) is 5.95. The molecule has 2 N–H and O–H groups in total. The lowest BCUT2D eigenvalue weighted by Crippen LogP contribution is -2.20. The second-order valence-electron chi connectivity index (χ2n) is 5.55. The maximum atomic E-state index is 14.6. The van der Waals surface area contributed by atoms with Gasteiger partial charge in [0.25, 0.3) is 0 Å². The van der Waals surface area contributed by atoms with Gasteiger partial charge in [-0.15, -0.1) is 0 Å². The Labute approximate surface area is 136 Å². The van der Waals surface area contributed by atoms with Crippen LogP contribution in [0.1, 0.15) is 18.8 Å². The van der Waals surface area contributed by atoms with Crippen LogP contribution in [0.5, 0.6) is 5.75 Å². The van der Waals surface area contributed by atoms with Gasteiger partial charge in [-0.3, -0.25) is 0 Å². The Kier molecular flexibility index (Phi) is 2.96. The van der Waals surface area contributed by atoms with E-state index in [0.29, 0.717) is 29.1 Å². The van der Waals surface area contributed by atoms with E-state index >= 15 is 0 Å². The number of nitrogens with two attached hydrogens (primary N) is 1. The molecule has 0 amide bonds. The van der Waals surface area contributed by atoms with Crippen LogP contribution in [0.3, 0.4) is 0 Å². The number of ether oxygens (including phenoxy) is 1. The van der Waals surface area contributed by atoms with Crippen molar-refractivity contribution in [3.05, 3.63) is 28.9 Å². The van der Waals surface area contributed by atoms with Gasteiger partial charge in [0.2, 0.25) is 5.95 Å². The highest BCUT2D eigenvalue weighted by Crippen LogP contribution is 2.43. The summed E-state index contributed by atoms with van der Waals surface area (Å²) in [5, 5.41) is 0.277. The average Bonchev–Trinajstić information content (AvgIpc) is 2.87. The molecule has 0 saturated carbocycles. The third kappa shape index (κ3) is 1.96. The smallest absolute Gasteiger partial charge is 0.220 e. The van der Waals surface area contributed by atoms with E-state index in [1.165, 1.54) is 12.3 Å². The van der Waals surface area contributed by atoms with Crippen LogP contribution >= 0.6 is 11.6 Å². The second kappa shape index (κ2) is 4.79. The van der Waals surface area contributed by atoms with Crippen LogP contribution < -0.4 is 10.5 Å². The molecule has 0 fully saturated rings. The molecular formula is C15H13ClFN5O. The topological polar surface area (TPSA) is 78.9 Å². The Morgan fingerprint density at radius 3 is 3.00 bits per heavy atom. The Balaban J connectivity index is 2.12. The minimum absolute atomic E-state index is 0.0611. The van der Waals surface area contributed by atoms with E-state index in [1.807, 2.05) is 18.4 Å². The number of rotatable bonds is 1. The number of anilines is 1. The summed E-state index contributed by atoms with van der Waals surface area (Å²) in [6, 6.07) is 1.39. The molecule has 6 nitrogen and oxygen atoms in total. The van der Waals surface area contributed by atoms with Gasteiger partial charge in [-0.1, -0.05) is 11.6 Å². The number of aromatic nitrogens is 4. The maximum absolute atomic E-state index is 14.6. The number of halogens is 2. The molecule has 3 heterocycles. The van der Waals surface area contributed by atoms with Crippen molar-refractivity contribution in [2.24, 2.45) is 0 Å². The molecular weight excluding hydrogens is 321 g/mol. The zero-order valence-corrected chi connectivity index (χ0v) is 13.2. The van der Waals surface area contributed by atoms with E-state index in [9.17, 15) is 4.39 Å². The van der Waals surface area contributed by atoms with Gasteiger partial charge < -0.3 is 15.0 Å². The zero-order chi connectivity index (χ0) is 16.3. The summed E-state index contributed by atoms with van der Waals surface area (Å²) in [4.78, 5) is 12.3. The van der Waals surface area contributed by atoms with Crippen molar-refractivity contribution in [1.82, 2.24) is 19.5 Å². The monoisotopic (exact) mass is 333 g/mol. The predicted octanol–water partition coefficient (Wildman–Crippen LogP) is 3.13. The minimum atomic E-state index is -0.452. The van der Waals surface area contributed by atoms with Crippen molar-refractivity contribution >= 4 is 28.6 Å². The zero-order valence-electron chi connectivity index (χ0n) is 12.5. The van der Waals surface area contributed by atoms with Crippen molar-refractivity contribution in [2.75, 3.05) is 12.3 Å². The molecule has 118 valence electrons. The molecule has 3 aromatic rings. The van der Waals surface area contributed by atoms with Crippen molar-refractivity contribution < 1.29 is 9.13 Å². The molecule has 0 unspecified atom stereocenters. The lowest BCUT2D eigenvalue weighted by molar-refractivity contribution is 0.247. The largest absolute Gasteiger partial charge is 0.488 e. The molecule has 1 aromatic carbocycles. The summed E-state index contributed by atoms with van der Waals surface area (Å²) in [5.41, 5.74) is 7.33. The highest BCUT2D eigenvalue weighted by molar-refractivity contribution is 6.33. The molecule has 1 aliphatic rings. The Morgan fingerprint density at radius 2 is 2.22 bits per heavy atom. The van der Waals surface area contributed by atoms with E-state index in [-0.39, 0.29) is 22.5 Å². The van der Waals surface area contributed by atoms with Gasteiger partial charge >= 0.3 is 0 Å². The van der Waals surface area contributed by atoms with Gasteiger partial charge in [-0.05, 0) is 19.9 Å². The Morgan fingerprint density at radius 1 is 1.43 bits per heavy atom. The van der Waals surface area contributed by atoms with Gasteiger partial charge in [0.05, 0.1) is 23.0 Å². The predicted molar refractivity (Wildman–Crippen MR) is 85.1 cm³/mol. The standard InChI is InChI=1S/C15H13ClFN5O/c1-6-5-23-14-8(11-9(16)4-19-15(18)21-11)3-10(17)12-13(14)22(6)7(2)20-12/h3-4,6H,5H2,1-2H3,(H2,18,19,21)/t6-/m1/s1. The summed E-state index contributed by atoms with van der Waals surface area (Å²) in [7, 11) is 0. The number of nitrogens with zero attached hydrogens (tertiary/aromatic N) is 4. The summed E-state index contributed by atoms with van der Waals surface area (Å²) >= 11 is 6.17. The lowest BCUT2D eigenvalue weighted by atomic mass is 10.1. The van der Waals surface area contributed by atoms with E-state index in [2.05, 4.69) is 15.0 Å². The first-order valence-corrected chi connectivity index (χ1v) is 7.47. The van der Waals surface area contributed by atoms with Crippen molar-refractivity contribution in [1.29, 1.82) is 0 Å². The van der Waals surface area contributed by atoms with Crippen LogP contribution in [0, 0.1) is 12.7 Å². The fourth-order valence-electron chi connectivity index (χ4n) is 3.03. The molecule has 0 aliphatic carbocycles. The van der Waals surface area contributed by atoms with E-state index in [1.54, 1.807) is 0 Å². The first-order chi connectivity index (χ1) is 11.0. The molecule has 2 aromatic heterocycles. The molecule has 0 saturated heterocycles. The van der Waals surface area contributed by atoms with Crippen LogP contribution in [-0.4, -0.2) is 26.1 Å². The normalized spacial score (nSPS) is 16.6. The van der Waals surface area contributed by atoms with Crippen LogP contribution in [0.2, 0.25) is 5.02 Å². The number of benzene rings is 1. The first-order valence-electron chi connectivity index (χ1n) is 7.09. The molecule has 23 heavy (non-hydrogen) atoms. The van der Waals surface area contributed by atoms with Gasteiger partial charge in [0.15, 0.2) is 11.6 Å². The Hall–Kier alpha value is -2.41. The summed E-state index contributed by atoms with van der Waals surface area (Å²) in [5.74, 6) is 0.860. The van der Waals surface area contributed by atoms with Gasteiger partial charge in [-0.25, -0.2) is 19.3 Å². The van der Waals surface area contributed by atoms with E-state index < -0.39 is 5.82 Å². The Bertz CT molecular complexity index is 955. The first kappa shape index (κ1) is 14.2. The number of imidazole rings is 1. The molecule has 1 aliphatic heterocycles. The highest BCUT2D eigenvalue weighted by atomic mass is 35.5. The quantitative estimate of drug-likeness (QED) is 0.740. The van der Waals surface area contributed by atoms with Gasteiger partial charge in [0, 0.05) is 5.56 Å². The summed E-state index contributed by atoms with van der Waals surface area (Å²) in [6.07, 6.45) is 1.39. The molecule has 8 heteroatoms. The molecule has 0 radical (unpaired) electrons. The van der Waals surface area contributed by atoms with Crippen LogP contribution in [0.15, 0.2) is 12.3 Å². The summed E-state index contributed by atoms with van der Waals surface area (Å²) in [6.45, 7) is 4.30. The van der Waals surface area contributed by atoms with Crippen LogP contribution in [0.25, 0.3) is 22.3 Å². The lowest BCUT2D eigenvalue weighted by Gasteiger charge is -2.25. The molecule has 0 bridgehead atoms. The highest BCUT2D eigenvalue weighted by Gasteiger charge is 2.29. The fourth-order valence-corrected chi connectivity index (χ4v) is 3.22. The molecule has 0 spiro atoms. The van der Waals surface area contributed by atoms with Gasteiger partial charge in [-0.2, -0.15) is 0 Å². The SMILES string of the molecule is Cc1nc2c(F)cc(-c3nc(N)ncc3Cl)c3c2n1[C@H](C)CO3. The minimum Gasteiger partial charge on any atom is -0.488 e. The van der Waals surface area contributed by atoms with Crippen molar-refractivity contribution in [3.63, 3.8) is 0 Å². The van der Waals surface area contributed by atoms with Crippen LogP contribution in [-0.2, 0) is 0 Å². The van der Waals surface area contributed by atoms with Crippen LogP contribution in [0.4, 0.5) is 10.3 Å². The fraction of sp³-hybridized carbons (Fsp3) is 0.267. The third-order valence-corrected chi connectivity index (χ3v) is 4.25. The summed E-state index contributed by atoms with van der Waals surface area (Å²) < 4.78 is 22.4. The number of nitrogen functional groups attached to an aromatic ring is 1. The van der Waals surface area contributed by atoms with Gasteiger partial charge in [0.1, 0.15) is 23.5 Å². The average molecular weight is 334 g/mol. The molecule has 1 atom stereocenters. The third-order valence-electron chi connectivity index (χ3n) is 3.97. The van der Waals surface area contributed by atoms with Crippen molar-refractivity contribution in [3.8, 4) is 17.0 Å². The van der Waals surface area contributed by atoms with E-state index in [0.717, 1.165) is 5.82 Å².